The van der Waals surface area contributed by atoms with Crippen molar-refractivity contribution in [3.63, 3.8) is 0 Å². The van der Waals surface area contributed by atoms with Crippen molar-refractivity contribution in [1.82, 2.24) is 0 Å². The van der Waals surface area contributed by atoms with Crippen molar-refractivity contribution in [2.75, 3.05) is 9.80 Å². The van der Waals surface area contributed by atoms with Crippen LogP contribution >= 0.6 is 17.0 Å². The van der Waals surface area contributed by atoms with E-state index in [1.807, 2.05) is 0 Å². The summed E-state index contributed by atoms with van der Waals surface area (Å²) in [6.45, 7) is 9.48. The van der Waals surface area contributed by atoms with E-state index in [0.29, 0.717) is 0 Å². The number of anilines is 4. The van der Waals surface area contributed by atoms with Gasteiger partial charge in [-0.3, -0.25) is 0 Å². The van der Waals surface area contributed by atoms with E-state index in [1.54, 1.807) is 0 Å². The Kier molecular flexibility index (Phi) is 18.4. The van der Waals surface area contributed by atoms with Gasteiger partial charge in [-0.2, -0.15) is 0 Å². The van der Waals surface area contributed by atoms with Gasteiger partial charge in [0.05, 0.1) is 11.4 Å². The van der Waals surface area contributed by atoms with Crippen LogP contribution in [-0.4, -0.2) is 12.1 Å². The summed E-state index contributed by atoms with van der Waals surface area (Å²) in [6, 6.07) is 37.3. The van der Waals surface area contributed by atoms with Gasteiger partial charge in [0, 0.05) is 34.2 Å². The van der Waals surface area contributed by atoms with Crippen molar-refractivity contribution in [2.45, 2.75) is 117 Å². The summed E-state index contributed by atoms with van der Waals surface area (Å²) in [5.41, 5.74) is 13.8. The average molecular weight is 935 g/mol. The standard InChI is InChI=1S/C26H39N.C26H23N.2CH3.2ClH.N2.Zr/c2*1-18-14-20-8-6-12-25(23(20)16-18)27(22-10-4-3-5-11-22)26-13-7-9-21-15-19(2)17-24(21)26;;;;;1-2;/h3-5,10-11,18-21,23-26H,6-9,12-17H2,1-2H3;3-15H,16-17H2,1-2H3;2*1H3;2*1H;;/q;;2*-1;;;;+4/p-2. The van der Waals surface area contributed by atoms with Gasteiger partial charge in [-0.15, -0.1) is 0 Å². The molecule has 322 valence electrons. The van der Waals surface area contributed by atoms with Gasteiger partial charge in [0.25, 0.3) is 0 Å². The van der Waals surface area contributed by atoms with Crippen LogP contribution in [0.3, 0.4) is 0 Å². The molecule has 6 aliphatic carbocycles. The second-order valence-electron chi connectivity index (χ2n) is 18.5. The zero-order valence-electron chi connectivity index (χ0n) is 37.5. The van der Waals surface area contributed by atoms with Gasteiger partial charge < -0.3 is 24.7 Å². The molecule has 0 bridgehead atoms. The van der Waals surface area contributed by atoms with Crippen molar-refractivity contribution in [2.24, 2.45) is 35.5 Å². The molecule has 4 aromatic rings. The van der Waals surface area contributed by atoms with Crippen molar-refractivity contribution >= 4 is 51.9 Å². The molecule has 4 saturated carbocycles. The molecule has 4 aromatic carbocycles. The number of rotatable bonds is 6. The first kappa shape index (κ1) is 48.9. The van der Waals surface area contributed by atoms with E-state index in [9.17, 15) is 0 Å². The van der Waals surface area contributed by atoms with Crippen LogP contribution in [0.15, 0.2) is 108 Å². The minimum atomic E-state index is -0.826. The maximum absolute atomic E-state index is 6.00. The van der Waals surface area contributed by atoms with E-state index in [1.165, 1.54) is 120 Å². The number of hydrogen-bond donors (Lipinski definition) is 0. The Morgan fingerprint density at radius 3 is 1.38 bits per heavy atom. The molecule has 0 amide bonds. The normalized spacial score (nSPS) is 26.0. The molecule has 6 aliphatic rings. The van der Waals surface area contributed by atoms with Crippen LogP contribution in [0.1, 0.15) is 114 Å². The Labute approximate surface area is 388 Å². The first-order valence-electron chi connectivity index (χ1n) is 22.3. The Morgan fingerprint density at radius 2 is 0.951 bits per heavy atom. The summed E-state index contributed by atoms with van der Waals surface area (Å²) < 4.78 is 0. The fraction of sp³-hybridized carbons (Fsp3) is 0.444. The van der Waals surface area contributed by atoms with Gasteiger partial charge in [-0.1, -0.05) is 123 Å². The summed E-state index contributed by atoms with van der Waals surface area (Å²) in [6.07, 6.45) is 21.5. The van der Waals surface area contributed by atoms with Crippen LogP contribution in [0.5, 0.6) is 0 Å². The quantitative estimate of drug-likeness (QED) is 0.143. The molecule has 7 heteroatoms. The number of nitrogens with zero attached hydrogens (tertiary/aromatic N) is 4. The number of hydrogen-bond acceptors (Lipinski definition) is 4. The molecule has 8 unspecified atom stereocenters. The molecule has 0 saturated heterocycles. The summed E-state index contributed by atoms with van der Waals surface area (Å²) in [5, 5.41) is 12.0. The molecule has 0 aromatic heterocycles. The molecule has 4 nitrogen and oxygen atoms in total. The van der Waals surface area contributed by atoms with Crippen molar-refractivity contribution in [3.8, 4) is 0 Å². The molecular weight excluding hydrogens is 867 g/mol. The number of benzene rings is 4. The predicted octanol–water partition coefficient (Wildman–Crippen LogP) is 16.3. The van der Waals surface area contributed by atoms with E-state index in [0.717, 1.165) is 60.4 Å². The van der Waals surface area contributed by atoms with E-state index in [4.69, 9.17) is 27.8 Å². The average Bonchev–Trinajstić information content (AvgIpc) is 4.04. The molecule has 0 radical (unpaired) electrons. The summed E-state index contributed by atoms with van der Waals surface area (Å²) in [5.74, 6) is 5.81. The van der Waals surface area contributed by atoms with Crippen LogP contribution in [0.4, 0.5) is 22.7 Å². The molecule has 8 atom stereocenters. The summed E-state index contributed by atoms with van der Waals surface area (Å²) in [7, 11) is 9.87. The Morgan fingerprint density at radius 1 is 0.541 bits per heavy atom. The van der Waals surface area contributed by atoms with E-state index >= 15 is 0 Å². The molecular formula is C54H68Cl2N4Zr. The first-order chi connectivity index (χ1) is 28.8. The third kappa shape index (κ3) is 11.0. The number of allylic oxidation sites excluding steroid dienone is 2. The predicted molar refractivity (Wildman–Crippen MR) is 259 cm³/mol. The summed E-state index contributed by atoms with van der Waals surface area (Å²) in [4.78, 5) is 5.47. The van der Waals surface area contributed by atoms with Crippen molar-refractivity contribution in [3.05, 3.63) is 145 Å². The van der Waals surface area contributed by atoms with Gasteiger partial charge in [0.2, 0.25) is 0 Å². The zero-order valence-corrected chi connectivity index (χ0v) is 41.5. The second kappa shape index (κ2) is 23.0. The Balaban J connectivity index is 0.000000203. The molecule has 61 heavy (non-hydrogen) atoms. The molecule has 0 aliphatic heterocycles. The van der Waals surface area contributed by atoms with Crippen LogP contribution in [0, 0.1) is 61.1 Å². The van der Waals surface area contributed by atoms with Crippen molar-refractivity contribution < 1.29 is 20.8 Å². The van der Waals surface area contributed by atoms with Crippen LogP contribution in [-0.2, 0) is 33.7 Å². The first-order valence-corrected chi connectivity index (χ1v) is 28.6. The van der Waals surface area contributed by atoms with Gasteiger partial charge in [-0.25, -0.2) is 0 Å². The molecule has 0 N–H and O–H groups in total. The van der Waals surface area contributed by atoms with E-state index < -0.39 is 20.8 Å². The SMILES string of the molecule is CC1=Cc2cccc(N(c3ccccc3)c3cccc4c3CC(C)=C4)c2C1.CC1CC2CCCC(N(c3ccccc3)C3CCCC4CC(C)CC43)C2C1.N#N.[CH3-].[CH3-].[Cl][Zr+2][Cl]. The van der Waals surface area contributed by atoms with E-state index in [2.05, 4.69) is 147 Å². The third-order valence-corrected chi connectivity index (χ3v) is 14.5. The number of fused-ring (bicyclic) bond motifs is 4. The van der Waals surface area contributed by atoms with Crippen molar-refractivity contribution in [1.29, 1.82) is 10.8 Å². The molecule has 0 heterocycles. The van der Waals surface area contributed by atoms with Gasteiger partial charge in [-0.05, 0) is 159 Å². The van der Waals surface area contributed by atoms with Gasteiger partial charge in [0.1, 0.15) is 0 Å². The second-order valence-corrected chi connectivity index (χ2v) is 22.2. The van der Waals surface area contributed by atoms with Crippen LogP contribution in [0.25, 0.3) is 12.2 Å². The van der Waals surface area contributed by atoms with Gasteiger partial charge in [0.15, 0.2) is 0 Å². The Bertz CT molecular complexity index is 1980. The van der Waals surface area contributed by atoms with Gasteiger partial charge >= 0.3 is 37.9 Å². The Hall–Kier alpha value is -3.16. The maximum atomic E-state index is 6.00. The topological polar surface area (TPSA) is 54.1 Å². The summed E-state index contributed by atoms with van der Waals surface area (Å²) >= 11 is -0.826. The molecule has 10 rings (SSSR count). The molecule has 4 fully saturated rings. The third-order valence-electron chi connectivity index (χ3n) is 14.5. The number of para-hydroxylation sites is 2. The monoisotopic (exact) mass is 932 g/mol. The van der Waals surface area contributed by atoms with Crippen LogP contribution in [0.2, 0.25) is 0 Å². The van der Waals surface area contributed by atoms with E-state index in [-0.39, 0.29) is 14.9 Å². The molecule has 0 spiro atoms. The number of halogens is 2. The van der Waals surface area contributed by atoms with Crippen LogP contribution < -0.4 is 9.80 Å². The fourth-order valence-electron chi connectivity index (χ4n) is 12.5. The fourth-order valence-corrected chi connectivity index (χ4v) is 12.5. The minimum absolute atomic E-state index is 0. The zero-order chi connectivity index (χ0) is 41.5.